The largest absolute Gasteiger partial charge is 0.506 e. The number of hydrogen-bond acceptors (Lipinski definition) is 2. The average molecular weight is 268 g/mol. The topological polar surface area (TPSA) is 40.5 Å². The standard InChI is InChI=1S/C14H18ClNO2/c1-9-5-10(2)8-16(7-9)14(18)11-3-4-13(17)12(15)6-11/h3-4,6,9-10,17H,5,7-8H2,1-2H3/t9-,10-/m1/s1. The fourth-order valence-electron chi connectivity index (χ4n) is 2.65. The van der Waals surface area contributed by atoms with E-state index in [0.29, 0.717) is 17.4 Å². The zero-order valence-corrected chi connectivity index (χ0v) is 11.4. The van der Waals surface area contributed by atoms with E-state index in [4.69, 9.17) is 11.6 Å². The highest BCUT2D eigenvalue weighted by atomic mass is 35.5. The number of likely N-dealkylation sites (tertiary alicyclic amines) is 1. The summed E-state index contributed by atoms with van der Waals surface area (Å²) in [5.41, 5.74) is 0.541. The van der Waals surface area contributed by atoms with Gasteiger partial charge in [-0.15, -0.1) is 0 Å². The number of hydrogen-bond donors (Lipinski definition) is 1. The van der Waals surface area contributed by atoms with Gasteiger partial charge in [0.15, 0.2) is 0 Å². The minimum absolute atomic E-state index is 0.00435. The molecule has 1 N–H and O–H groups in total. The maximum Gasteiger partial charge on any atom is 0.253 e. The maximum atomic E-state index is 12.3. The van der Waals surface area contributed by atoms with E-state index in [0.717, 1.165) is 13.1 Å². The van der Waals surface area contributed by atoms with Gasteiger partial charge in [0.05, 0.1) is 5.02 Å². The van der Waals surface area contributed by atoms with Gasteiger partial charge in [-0.05, 0) is 36.5 Å². The Hall–Kier alpha value is -1.22. The first-order valence-electron chi connectivity index (χ1n) is 6.25. The van der Waals surface area contributed by atoms with Crippen LogP contribution >= 0.6 is 11.6 Å². The van der Waals surface area contributed by atoms with Crippen molar-refractivity contribution in [3.05, 3.63) is 28.8 Å². The number of benzene rings is 1. The first-order valence-corrected chi connectivity index (χ1v) is 6.63. The molecule has 4 heteroatoms. The number of amides is 1. The van der Waals surface area contributed by atoms with Gasteiger partial charge in [0.1, 0.15) is 5.75 Å². The van der Waals surface area contributed by atoms with Crippen molar-refractivity contribution in [3.8, 4) is 5.75 Å². The number of aromatic hydroxyl groups is 1. The Bertz CT molecular complexity index is 451. The molecule has 0 unspecified atom stereocenters. The summed E-state index contributed by atoms with van der Waals surface area (Å²) >= 11 is 5.83. The number of nitrogens with zero attached hydrogens (tertiary/aromatic N) is 1. The monoisotopic (exact) mass is 267 g/mol. The highest BCUT2D eigenvalue weighted by molar-refractivity contribution is 6.32. The fraction of sp³-hybridized carbons (Fsp3) is 0.500. The van der Waals surface area contributed by atoms with Crippen molar-refractivity contribution in [2.75, 3.05) is 13.1 Å². The van der Waals surface area contributed by atoms with Crippen molar-refractivity contribution < 1.29 is 9.90 Å². The van der Waals surface area contributed by atoms with Gasteiger partial charge in [0.2, 0.25) is 0 Å². The molecule has 98 valence electrons. The first kappa shape index (κ1) is 13.2. The predicted molar refractivity (Wildman–Crippen MR) is 72.0 cm³/mol. The van der Waals surface area contributed by atoms with Gasteiger partial charge in [-0.1, -0.05) is 25.4 Å². The summed E-state index contributed by atoms with van der Waals surface area (Å²) in [7, 11) is 0. The lowest BCUT2D eigenvalue weighted by molar-refractivity contribution is 0.0623. The van der Waals surface area contributed by atoms with Crippen molar-refractivity contribution in [1.82, 2.24) is 4.90 Å². The molecule has 2 rings (SSSR count). The van der Waals surface area contributed by atoms with Crippen molar-refractivity contribution in [2.45, 2.75) is 20.3 Å². The molecule has 3 nitrogen and oxygen atoms in total. The Balaban J connectivity index is 2.17. The highest BCUT2D eigenvalue weighted by Gasteiger charge is 2.26. The van der Waals surface area contributed by atoms with Crippen LogP contribution in [-0.2, 0) is 0 Å². The van der Waals surface area contributed by atoms with Crippen LogP contribution in [-0.4, -0.2) is 29.0 Å². The zero-order chi connectivity index (χ0) is 13.3. The molecule has 18 heavy (non-hydrogen) atoms. The molecule has 1 aromatic carbocycles. The maximum absolute atomic E-state index is 12.3. The van der Waals surface area contributed by atoms with Gasteiger partial charge in [-0.2, -0.15) is 0 Å². The van der Waals surface area contributed by atoms with E-state index in [-0.39, 0.29) is 16.7 Å². The van der Waals surface area contributed by atoms with E-state index >= 15 is 0 Å². The summed E-state index contributed by atoms with van der Waals surface area (Å²) in [5, 5.41) is 9.58. The van der Waals surface area contributed by atoms with Crippen molar-refractivity contribution >= 4 is 17.5 Å². The number of piperidine rings is 1. The molecule has 0 aliphatic carbocycles. The molecule has 2 atom stereocenters. The number of carbonyl (C=O) groups is 1. The molecule has 0 radical (unpaired) electrons. The second-order valence-electron chi connectivity index (χ2n) is 5.32. The second-order valence-corrected chi connectivity index (χ2v) is 5.73. The van der Waals surface area contributed by atoms with E-state index in [1.807, 2.05) is 4.90 Å². The second kappa shape index (κ2) is 5.19. The number of halogens is 1. The Morgan fingerprint density at radius 2 is 1.94 bits per heavy atom. The molecule has 0 spiro atoms. The van der Waals surface area contributed by atoms with Crippen LogP contribution in [0.25, 0.3) is 0 Å². The minimum atomic E-state index is -0.00435. The zero-order valence-electron chi connectivity index (χ0n) is 10.7. The predicted octanol–water partition coefficient (Wildman–Crippen LogP) is 3.16. The summed E-state index contributed by atoms with van der Waals surface area (Å²) in [4.78, 5) is 14.2. The van der Waals surface area contributed by atoms with Crippen LogP contribution in [0.15, 0.2) is 18.2 Å². The van der Waals surface area contributed by atoms with Gasteiger partial charge < -0.3 is 10.0 Å². The van der Waals surface area contributed by atoms with Crippen LogP contribution < -0.4 is 0 Å². The lowest BCUT2D eigenvalue weighted by atomic mass is 9.91. The molecule has 1 aromatic rings. The van der Waals surface area contributed by atoms with Crippen LogP contribution in [0, 0.1) is 11.8 Å². The van der Waals surface area contributed by atoms with E-state index in [2.05, 4.69) is 13.8 Å². The summed E-state index contributed by atoms with van der Waals surface area (Å²) < 4.78 is 0. The molecular formula is C14H18ClNO2. The van der Waals surface area contributed by atoms with Crippen molar-refractivity contribution in [1.29, 1.82) is 0 Å². The van der Waals surface area contributed by atoms with Crippen molar-refractivity contribution in [3.63, 3.8) is 0 Å². The summed E-state index contributed by atoms with van der Waals surface area (Å²) in [6.45, 7) is 5.92. The van der Waals surface area contributed by atoms with Gasteiger partial charge in [0.25, 0.3) is 5.91 Å². The van der Waals surface area contributed by atoms with Crippen LogP contribution in [0.2, 0.25) is 5.02 Å². The third-order valence-corrected chi connectivity index (χ3v) is 3.65. The molecule has 1 amide bonds. The third-order valence-electron chi connectivity index (χ3n) is 3.35. The summed E-state index contributed by atoms with van der Waals surface area (Å²) in [6.07, 6.45) is 1.17. The van der Waals surface area contributed by atoms with Gasteiger partial charge >= 0.3 is 0 Å². The van der Waals surface area contributed by atoms with E-state index in [1.54, 1.807) is 6.07 Å². The SMILES string of the molecule is C[C@@H]1C[C@@H](C)CN(C(=O)c2ccc(O)c(Cl)c2)C1. The van der Waals surface area contributed by atoms with Gasteiger partial charge in [-0.25, -0.2) is 0 Å². The van der Waals surface area contributed by atoms with E-state index in [9.17, 15) is 9.90 Å². The van der Waals surface area contributed by atoms with E-state index < -0.39 is 0 Å². The smallest absolute Gasteiger partial charge is 0.253 e. The van der Waals surface area contributed by atoms with Gasteiger partial charge in [0, 0.05) is 18.7 Å². The summed E-state index contributed by atoms with van der Waals surface area (Å²) in [5.74, 6) is 1.07. The Morgan fingerprint density at radius 3 is 2.50 bits per heavy atom. The number of rotatable bonds is 1. The lowest BCUT2D eigenvalue weighted by Gasteiger charge is -2.35. The van der Waals surface area contributed by atoms with Crippen LogP contribution in [0.3, 0.4) is 0 Å². The molecule has 0 aromatic heterocycles. The molecule has 0 saturated carbocycles. The molecule has 1 saturated heterocycles. The first-order chi connectivity index (χ1) is 8.47. The molecule has 1 aliphatic rings. The van der Waals surface area contributed by atoms with E-state index in [1.165, 1.54) is 18.6 Å². The normalized spacial score (nSPS) is 24.1. The number of phenols is 1. The van der Waals surface area contributed by atoms with Crippen LogP contribution in [0.5, 0.6) is 5.75 Å². The molecule has 1 aliphatic heterocycles. The van der Waals surface area contributed by atoms with Crippen molar-refractivity contribution in [2.24, 2.45) is 11.8 Å². The molecular weight excluding hydrogens is 250 g/mol. The molecule has 1 fully saturated rings. The quantitative estimate of drug-likeness (QED) is 0.849. The Labute approximate surface area is 112 Å². The molecule has 0 bridgehead atoms. The Kier molecular flexibility index (Phi) is 3.81. The Morgan fingerprint density at radius 1 is 1.33 bits per heavy atom. The lowest BCUT2D eigenvalue weighted by Crippen LogP contribution is -2.42. The average Bonchev–Trinajstić information content (AvgIpc) is 2.30. The molecule has 1 heterocycles. The summed E-state index contributed by atoms with van der Waals surface area (Å²) in [6, 6.07) is 4.61. The highest BCUT2D eigenvalue weighted by Crippen LogP contribution is 2.26. The number of phenolic OH excluding ortho intramolecular Hbond substituents is 1. The number of carbonyl (C=O) groups excluding carboxylic acids is 1. The fourth-order valence-corrected chi connectivity index (χ4v) is 2.83. The minimum Gasteiger partial charge on any atom is -0.506 e. The van der Waals surface area contributed by atoms with Crippen LogP contribution in [0.4, 0.5) is 0 Å². The van der Waals surface area contributed by atoms with Crippen LogP contribution in [0.1, 0.15) is 30.6 Å². The van der Waals surface area contributed by atoms with Gasteiger partial charge in [-0.3, -0.25) is 4.79 Å². The third kappa shape index (κ3) is 2.78.